The summed E-state index contributed by atoms with van der Waals surface area (Å²) >= 11 is 0. The van der Waals surface area contributed by atoms with Gasteiger partial charge in [0.25, 0.3) is 0 Å². The summed E-state index contributed by atoms with van der Waals surface area (Å²) in [6.07, 6.45) is 10.3. The van der Waals surface area contributed by atoms with Gasteiger partial charge < -0.3 is 20.1 Å². The van der Waals surface area contributed by atoms with E-state index < -0.39 is 11.9 Å². The second kappa shape index (κ2) is 7.37. The molecule has 3 N–H and O–H groups in total. The number of Topliss-reactive ketones (excluding diaryl/α,β-unsaturated/α-hetero) is 1. The molecule has 1 spiro atoms. The molecular formula is C26H32O7. The van der Waals surface area contributed by atoms with Gasteiger partial charge in [-0.25, -0.2) is 0 Å². The highest BCUT2D eigenvalue weighted by atomic mass is 16.6. The van der Waals surface area contributed by atoms with Crippen molar-refractivity contribution in [2.24, 2.45) is 34.5 Å². The van der Waals surface area contributed by atoms with Crippen LogP contribution in [0, 0.1) is 34.5 Å². The number of carbonyl (C=O) groups excluding carboxylic acids is 1. The molecule has 5 rings (SSSR count). The van der Waals surface area contributed by atoms with Crippen molar-refractivity contribution >= 4 is 17.7 Å². The molecule has 0 bridgehead atoms. The van der Waals surface area contributed by atoms with Gasteiger partial charge >= 0.3 is 11.9 Å². The first-order valence-electron chi connectivity index (χ1n) is 11.9. The smallest absolute Gasteiger partial charge is 0.307 e. The summed E-state index contributed by atoms with van der Waals surface area (Å²) in [6.45, 7) is 4.25. The molecule has 33 heavy (non-hydrogen) atoms. The minimum Gasteiger partial charge on any atom is -0.481 e. The molecule has 3 fully saturated rings. The van der Waals surface area contributed by atoms with Crippen LogP contribution < -0.4 is 0 Å². The van der Waals surface area contributed by atoms with Gasteiger partial charge in [-0.3, -0.25) is 14.4 Å². The third-order valence-electron chi connectivity index (χ3n) is 9.50. The summed E-state index contributed by atoms with van der Waals surface area (Å²) in [4.78, 5) is 35.4. The van der Waals surface area contributed by atoms with E-state index in [0.717, 1.165) is 30.4 Å². The fourth-order valence-corrected chi connectivity index (χ4v) is 8.13. The highest BCUT2D eigenvalue weighted by Gasteiger charge is 2.79. The average molecular weight is 457 g/mol. The number of aliphatic carboxylic acids is 2. The van der Waals surface area contributed by atoms with Crippen molar-refractivity contribution < 1.29 is 34.4 Å². The predicted molar refractivity (Wildman–Crippen MR) is 118 cm³/mol. The highest BCUT2D eigenvalue weighted by Crippen LogP contribution is 2.75. The van der Waals surface area contributed by atoms with E-state index in [-0.39, 0.29) is 77.9 Å². The number of carbonyl (C=O) groups is 3. The van der Waals surface area contributed by atoms with E-state index >= 15 is 0 Å². The van der Waals surface area contributed by atoms with Crippen LogP contribution in [0.4, 0.5) is 0 Å². The van der Waals surface area contributed by atoms with E-state index in [1.807, 2.05) is 12.2 Å². The topological polar surface area (TPSA) is 124 Å². The highest BCUT2D eigenvalue weighted by molar-refractivity contribution is 5.85. The van der Waals surface area contributed by atoms with E-state index in [0.29, 0.717) is 0 Å². The molecule has 0 unspecified atom stereocenters. The Balaban J connectivity index is 1.48. The lowest BCUT2D eigenvalue weighted by molar-refractivity contribution is -0.140. The summed E-state index contributed by atoms with van der Waals surface area (Å²) < 4.78 is 6.55. The van der Waals surface area contributed by atoms with Gasteiger partial charge in [-0.1, -0.05) is 31.2 Å². The van der Waals surface area contributed by atoms with Crippen molar-refractivity contribution in [3.63, 3.8) is 0 Å². The number of fused-ring (bicyclic) bond motifs is 3. The zero-order chi connectivity index (χ0) is 23.8. The second-order valence-corrected chi connectivity index (χ2v) is 11.1. The van der Waals surface area contributed by atoms with Crippen LogP contribution in [0.3, 0.4) is 0 Å². The Morgan fingerprint density at radius 1 is 1.12 bits per heavy atom. The Labute approximate surface area is 193 Å². The number of hydrogen-bond acceptors (Lipinski definition) is 5. The number of aliphatic hydroxyl groups excluding tert-OH is 1. The SMILES string of the molecule is C[C@]12C[C@@H]3O[C@]34[C@@H](CC=C3C=C(CC(=O)O)C=C[C@@]34C)[C@@H]1C[C@@H](CO)[C@@H]2C(=O)CCC(=O)O. The Hall–Kier alpha value is -2.25. The molecule has 0 aromatic heterocycles. The van der Waals surface area contributed by atoms with Gasteiger partial charge in [0.05, 0.1) is 18.9 Å². The van der Waals surface area contributed by atoms with E-state index in [9.17, 15) is 24.6 Å². The lowest BCUT2D eigenvalue weighted by Crippen LogP contribution is -2.56. The standard InChI is InChI=1S/C26H32O7/c1-24-12-20-26(33-20)17(4-3-16-9-14(10-22(31)32)7-8-25(16,26)2)18(24)11-15(13-27)23(24)19(28)5-6-21(29)30/h3,7-9,15,17-18,20,23,27H,4-6,10-13H2,1-2H3,(H,29,30)(H,31,32)/t15-,17-,18-,20-,23+,24-,25-,26+/m0/s1. The number of ketones is 1. The Bertz CT molecular complexity index is 1010. The van der Waals surface area contributed by atoms with Crippen LogP contribution in [0.5, 0.6) is 0 Å². The average Bonchev–Trinajstić information content (AvgIpc) is 3.38. The third-order valence-corrected chi connectivity index (χ3v) is 9.50. The predicted octanol–water partition coefficient (Wildman–Crippen LogP) is 3.14. The van der Waals surface area contributed by atoms with Gasteiger partial charge in [-0.05, 0) is 60.5 Å². The van der Waals surface area contributed by atoms with Crippen molar-refractivity contribution in [1.82, 2.24) is 0 Å². The summed E-state index contributed by atoms with van der Waals surface area (Å²) in [5.41, 5.74) is 0.827. The first-order chi connectivity index (χ1) is 15.6. The van der Waals surface area contributed by atoms with Crippen molar-refractivity contribution in [1.29, 1.82) is 0 Å². The maximum Gasteiger partial charge on any atom is 0.307 e. The minimum atomic E-state index is -0.978. The number of carboxylic acid groups (broad SMARTS) is 2. The molecule has 7 nitrogen and oxygen atoms in total. The molecule has 4 aliphatic carbocycles. The van der Waals surface area contributed by atoms with Crippen molar-refractivity contribution in [3.8, 4) is 0 Å². The summed E-state index contributed by atoms with van der Waals surface area (Å²) in [7, 11) is 0. The zero-order valence-corrected chi connectivity index (χ0v) is 19.1. The number of rotatable bonds is 7. The number of carboxylic acids is 2. The second-order valence-electron chi connectivity index (χ2n) is 11.1. The fourth-order valence-electron chi connectivity index (χ4n) is 8.13. The number of ether oxygens (including phenoxy) is 1. The van der Waals surface area contributed by atoms with E-state index in [2.05, 4.69) is 26.0 Å². The van der Waals surface area contributed by atoms with Crippen LogP contribution in [0.1, 0.15) is 52.4 Å². The van der Waals surface area contributed by atoms with E-state index in [4.69, 9.17) is 9.84 Å². The monoisotopic (exact) mass is 456 g/mol. The molecule has 178 valence electrons. The number of epoxide rings is 1. The van der Waals surface area contributed by atoms with Gasteiger partial charge in [0.2, 0.25) is 0 Å². The minimum absolute atomic E-state index is 0.00178. The molecular weight excluding hydrogens is 424 g/mol. The molecule has 0 radical (unpaired) electrons. The molecule has 2 saturated carbocycles. The van der Waals surface area contributed by atoms with Crippen LogP contribution in [-0.2, 0) is 19.1 Å². The lowest BCUT2D eigenvalue weighted by atomic mass is 9.48. The van der Waals surface area contributed by atoms with Gasteiger partial charge in [-0.15, -0.1) is 0 Å². The fraction of sp³-hybridized carbons (Fsp3) is 0.654. The number of allylic oxidation sites excluding steroid dienone is 3. The molecule has 1 saturated heterocycles. The van der Waals surface area contributed by atoms with Gasteiger partial charge in [0.15, 0.2) is 0 Å². The van der Waals surface area contributed by atoms with Crippen molar-refractivity contribution in [2.45, 2.75) is 64.1 Å². The van der Waals surface area contributed by atoms with E-state index in [1.54, 1.807) is 0 Å². The first-order valence-corrected chi connectivity index (χ1v) is 11.9. The van der Waals surface area contributed by atoms with Gasteiger partial charge in [-0.2, -0.15) is 0 Å². The summed E-state index contributed by atoms with van der Waals surface area (Å²) in [6, 6.07) is 0. The third kappa shape index (κ3) is 3.04. The molecule has 7 heteroatoms. The van der Waals surface area contributed by atoms with Crippen LogP contribution in [0.25, 0.3) is 0 Å². The van der Waals surface area contributed by atoms with Crippen LogP contribution in [0.15, 0.2) is 35.5 Å². The lowest BCUT2D eigenvalue weighted by Gasteiger charge is -2.53. The van der Waals surface area contributed by atoms with Crippen molar-refractivity contribution in [2.75, 3.05) is 6.61 Å². The molecule has 0 aromatic carbocycles. The van der Waals surface area contributed by atoms with Crippen LogP contribution in [-0.4, -0.2) is 51.4 Å². The normalized spacial score (nSPS) is 44.5. The quantitative estimate of drug-likeness (QED) is 0.503. The number of aliphatic hydroxyl groups is 1. The Kier molecular flexibility index (Phi) is 5.04. The zero-order valence-electron chi connectivity index (χ0n) is 19.1. The molecule has 0 aromatic rings. The van der Waals surface area contributed by atoms with E-state index in [1.165, 1.54) is 0 Å². The molecule has 5 aliphatic rings. The molecule has 1 aliphatic heterocycles. The van der Waals surface area contributed by atoms with Gasteiger partial charge in [0, 0.05) is 24.4 Å². The van der Waals surface area contributed by atoms with Gasteiger partial charge in [0.1, 0.15) is 11.4 Å². The Morgan fingerprint density at radius 3 is 2.55 bits per heavy atom. The summed E-state index contributed by atoms with van der Waals surface area (Å²) in [5.74, 6) is -1.99. The summed E-state index contributed by atoms with van der Waals surface area (Å²) in [5, 5.41) is 28.4. The maximum atomic E-state index is 13.2. The number of hydrogen-bond donors (Lipinski definition) is 3. The van der Waals surface area contributed by atoms with Crippen LogP contribution >= 0.6 is 0 Å². The molecule has 1 heterocycles. The maximum absolute atomic E-state index is 13.2. The van der Waals surface area contributed by atoms with Crippen molar-refractivity contribution in [3.05, 3.63) is 35.5 Å². The largest absolute Gasteiger partial charge is 0.481 e. The molecule has 8 atom stereocenters. The van der Waals surface area contributed by atoms with Crippen LogP contribution in [0.2, 0.25) is 0 Å². The molecule has 0 amide bonds. The Morgan fingerprint density at radius 2 is 1.88 bits per heavy atom. The first kappa shape index (κ1) is 22.5.